The maximum absolute atomic E-state index is 12.2. The second-order valence-electron chi connectivity index (χ2n) is 6.54. The van der Waals surface area contributed by atoms with Crippen molar-refractivity contribution in [3.8, 4) is 0 Å². The summed E-state index contributed by atoms with van der Waals surface area (Å²) in [6.07, 6.45) is 3.82. The average Bonchev–Trinajstić information content (AvgIpc) is 2.85. The predicted octanol–water partition coefficient (Wildman–Crippen LogP) is 0.766. The van der Waals surface area contributed by atoms with Crippen LogP contribution in [0.2, 0.25) is 0 Å². The van der Waals surface area contributed by atoms with Crippen LogP contribution in [0.5, 0.6) is 0 Å². The number of rotatable bonds is 7. The van der Waals surface area contributed by atoms with Crippen LogP contribution in [0.25, 0.3) is 0 Å². The van der Waals surface area contributed by atoms with Gasteiger partial charge >= 0.3 is 0 Å². The molecule has 1 saturated heterocycles. The largest absolute Gasteiger partial charge is 0.352 e. The molecule has 1 aliphatic heterocycles. The lowest BCUT2D eigenvalue weighted by molar-refractivity contribution is -0.129. The molecule has 2 amide bonds. The maximum Gasteiger partial charge on any atom is 0.254 e. The van der Waals surface area contributed by atoms with Crippen LogP contribution in [-0.2, 0) is 4.79 Å². The first kappa shape index (κ1) is 18.3. The Labute approximate surface area is 143 Å². The van der Waals surface area contributed by atoms with E-state index in [9.17, 15) is 9.59 Å². The van der Waals surface area contributed by atoms with Gasteiger partial charge in [-0.3, -0.25) is 9.59 Å². The summed E-state index contributed by atoms with van der Waals surface area (Å²) in [6.45, 7) is 5.75. The van der Waals surface area contributed by atoms with E-state index in [2.05, 4.69) is 20.2 Å². The van der Waals surface area contributed by atoms with Gasteiger partial charge in [0, 0.05) is 38.3 Å². The molecule has 1 unspecified atom stereocenters. The number of aryl methyl sites for hydroxylation is 2. The lowest BCUT2D eigenvalue weighted by Gasteiger charge is -2.26. The van der Waals surface area contributed by atoms with Crippen LogP contribution in [-0.4, -0.2) is 71.4 Å². The van der Waals surface area contributed by atoms with Crippen molar-refractivity contribution in [3.05, 3.63) is 23.3 Å². The van der Waals surface area contributed by atoms with E-state index in [1.807, 2.05) is 25.9 Å². The summed E-state index contributed by atoms with van der Waals surface area (Å²) >= 11 is 0. The standard InChI is InChI=1S/C17H27N5O2/c1-12-15(11-19-13(2)20-12)17(24)18-8-7-14-5-6-16(23)22(14)10-9-21(3)4/h11,14H,5-10H2,1-4H3,(H,18,24). The van der Waals surface area contributed by atoms with Gasteiger partial charge in [-0.15, -0.1) is 0 Å². The van der Waals surface area contributed by atoms with Crippen molar-refractivity contribution in [1.29, 1.82) is 0 Å². The third-order valence-corrected chi connectivity index (χ3v) is 4.35. The third-order valence-electron chi connectivity index (χ3n) is 4.35. The lowest BCUT2D eigenvalue weighted by atomic mass is 10.1. The van der Waals surface area contributed by atoms with Crippen LogP contribution in [0, 0.1) is 13.8 Å². The molecule has 2 rings (SSSR count). The number of hydrogen-bond acceptors (Lipinski definition) is 5. The van der Waals surface area contributed by atoms with Gasteiger partial charge in [-0.05, 0) is 40.8 Å². The van der Waals surface area contributed by atoms with Gasteiger partial charge in [0.05, 0.1) is 11.3 Å². The summed E-state index contributed by atoms with van der Waals surface area (Å²) < 4.78 is 0. The molecule has 0 spiro atoms. The molecule has 1 N–H and O–H groups in total. The Morgan fingerprint density at radius 3 is 2.83 bits per heavy atom. The number of amides is 2. The molecule has 0 aromatic carbocycles. The third kappa shape index (κ3) is 4.74. The van der Waals surface area contributed by atoms with Gasteiger partial charge in [-0.2, -0.15) is 0 Å². The Morgan fingerprint density at radius 2 is 2.17 bits per heavy atom. The number of carbonyl (C=O) groups is 2. The molecule has 2 heterocycles. The fourth-order valence-corrected chi connectivity index (χ4v) is 2.96. The number of likely N-dealkylation sites (N-methyl/N-ethyl adjacent to an activating group) is 1. The van der Waals surface area contributed by atoms with E-state index in [1.54, 1.807) is 13.1 Å². The molecule has 1 atom stereocenters. The number of nitrogens with one attached hydrogen (secondary N) is 1. The Hall–Kier alpha value is -2.02. The molecule has 0 bridgehead atoms. The van der Waals surface area contributed by atoms with E-state index in [1.165, 1.54) is 0 Å². The van der Waals surface area contributed by atoms with Crippen molar-refractivity contribution >= 4 is 11.8 Å². The summed E-state index contributed by atoms with van der Waals surface area (Å²) in [4.78, 5) is 36.5. The fourth-order valence-electron chi connectivity index (χ4n) is 2.96. The van der Waals surface area contributed by atoms with Gasteiger partial charge in [0.25, 0.3) is 5.91 Å². The molecule has 1 aliphatic rings. The maximum atomic E-state index is 12.2. The number of carbonyl (C=O) groups excluding carboxylic acids is 2. The Bertz CT molecular complexity index is 603. The molecule has 132 valence electrons. The molecule has 0 saturated carbocycles. The average molecular weight is 333 g/mol. The summed E-state index contributed by atoms with van der Waals surface area (Å²) in [5.74, 6) is 0.720. The number of nitrogens with zero attached hydrogens (tertiary/aromatic N) is 4. The minimum Gasteiger partial charge on any atom is -0.352 e. The van der Waals surface area contributed by atoms with Crippen molar-refractivity contribution in [1.82, 2.24) is 25.1 Å². The highest BCUT2D eigenvalue weighted by Gasteiger charge is 2.30. The smallest absolute Gasteiger partial charge is 0.254 e. The van der Waals surface area contributed by atoms with Crippen molar-refractivity contribution in [3.63, 3.8) is 0 Å². The lowest BCUT2D eigenvalue weighted by Crippen LogP contribution is -2.40. The Kier molecular flexibility index (Phi) is 6.25. The topological polar surface area (TPSA) is 78.4 Å². The second kappa shape index (κ2) is 8.19. The van der Waals surface area contributed by atoms with Gasteiger partial charge in [-0.1, -0.05) is 0 Å². The summed E-state index contributed by atoms with van der Waals surface area (Å²) in [5.41, 5.74) is 1.19. The van der Waals surface area contributed by atoms with Crippen LogP contribution >= 0.6 is 0 Å². The van der Waals surface area contributed by atoms with E-state index < -0.39 is 0 Å². The predicted molar refractivity (Wildman–Crippen MR) is 91.7 cm³/mol. The minimum absolute atomic E-state index is 0.156. The summed E-state index contributed by atoms with van der Waals surface area (Å²) in [7, 11) is 4.00. The van der Waals surface area contributed by atoms with Crippen molar-refractivity contribution < 1.29 is 9.59 Å². The molecule has 7 nitrogen and oxygen atoms in total. The zero-order valence-corrected chi connectivity index (χ0v) is 15.0. The van der Waals surface area contributed by atoms with Gasteiger partial charge in [0.2, 0.25) is 5.91 Å². The first-order valence-corrected chi connectivity index (χ1v) is 8.41. The summed E-state index contributed by atoms with van der Waals surface area (Å²) in [6, 6.07) is 0.216. The highest BCUT2D eigenvalue weighted by atomic mass is 16.2. The molecule has 1 fully saturated rings. The van der Waals surface area contributed by atoms with Crippen LogP contribution < -0.4 is 5.32 Å². The Morgan fingerprint density at radius 1 is 1.42 bits per heavy atom. The molecule has 1 aromatic rings. The highest BCUT2D eigenvalue weighted by Crippen LogP contribution is 2.20. The molecular weight excluding hydrogens is 306 g/mol. The van der Waals surface area contributed by atoms with Crippen LogP contribution in [0.3, 0.4) is 0 Å². The van der Waals surface area contributed by atoms with E-state index in [0.29, 0.717) is 30.0 Å². The van der Waals surface area contributed by atoms with Crippen molar-refractivity contribution in [2.75, 3.05) is 33.7 Å². The van der Waals surface area contributed by atoms with Gasteiger partial charge < -0.3 is 15.1 Å². The monoisotopic (exact) mass is 333 g/mol. The van der Waals surface area contributed by atoms with Gasteiger partial charge in [0.1, 0.15) is 5.82 Å². The van der Waals surface area contributed by atoms with E-state index in [4.69, 9.17) is 0 Å². The normalized spacial score (nSPS) is 17.6. The highest BCUT2D eigenvalue weighted by molar-refractivity contribution is 5.94. The number of likely N-dealkylation sites (tertiary alicyclic amines) is 1. The molecule has 0 aliphatic carbocycles. The number of hydrogen-bond donors (Lipinski definition) is 1. The van der Waals surface area contributed by atoms with E-state index in [0.717, 1.165) is 25.9 Å². The second-order valence-corrected chi connectivity index (χ2v) is 6.54. The zero-order valence-electron chi connectivity index (χ0n) is 15.0. The van der Waals surface area contributed by atoms with Crippen molar-refractivity contribution in [2.24, 2.45) is 0 Å². The molecule has 0 radical (unpaired) electrons. The molecular formula is C17H27N5O2. The van der Waals surface area contributed by atoms with E-state index in [-0.39, 0.29) is 17.9 Å². The SMILES string of the molecule is Cc1ncc(C(=O)NCCC2CCC(=O)N2CCN(C)C)c(C)n1. The first-order chi connectivity index (χ1) is 11.4. The van der Waals surface area contributed by atoms with Crippen LogP contribution in [0.4, 0.5) is 0 Å². The van der Waals surface area contributed by atoms with Gasteiger partial charge in [0.15, 0.2) is 0 Å². The molecule has 1 aromatic heterocycles. The minimum atomic E-state index is -0.156. The quantitative estimate of drug-likeness (QED) is 0.797. The van der Waals surface area contributed by atoms with Crippen LogP contribution in [0.15, 0.2) is 6.20 Å². The van der Waals surface area contributed by atoms with Crippen LogP contribution in [0.1, 0.15) is 41.1 Å². The number of aromatic nitrogens is 2. The van der Waals surface area contributed by atoms with Gasteiger partial charge in [-0.25, -0.2) is 9.97 Å². The van der Waals surface area contributed by atoms with E-state index >= 15 is 0 Å². The van der Waals surface area contributed by atoms with Crippen molar-refractivity contribution in [2.45, 2.75) is 39.2 Å². The first-order valence-electron chi connectivity index (χ1n) is 8.41. The Balaban J connectivity index is 1.84. The molecule has 7 heteroatoms. The molecule has 24 heavy (non-hydrogen) atoms. The zero-order chi connectivity index (χ0) is 17.7. The fraction of sp³-hybridized carbons (Fsp3) is 0.647. The summed E-state index contributed by atoms with van der Waals surface area (Å²) in [5, 5.41) is 2.92.